The Bertz CT molecular complexity index is 672. The summed E-state index contributed by atoms with van der Waals surface area (Å²) in [5.74, 6) is 0.158. The lowest BCUT2D eigenvalue weighted by atomic mass is 10.0. The minimum Gasteiger partial charge on any atom is -0.484 e. The number of anilines is 1. The summed E-state index contributed by atoms with van der Waals surface area (Å²) in [6.07, 6.45) is 0.460. The van der Waals surface area contributed by atoms with Crippen LogP contribution >= 0.6 is 0 Å². The van der Waals surface area contributed by atoms with Gasteiger partial charge in [-0.15, -0.1) is 0 Å². The smallest absolute Gasteiger partial charge is 0.316 e. The molecule has 0 fully saturated rings. The largest absolute Gasteiger partial charge is 0.484 e. The Labute approximate surface area is 135 Å². The normalized spacial score (nSPS) is 10.7. The summed E-state index contributed by atoms with van der Waals surface area (Å²) < 4.78 is 5.61. The quantitative estimate of drug-likeness (QED) is 0.482. The van der Waals surface area contributed by atoms with E-state index in [1.807, 2.05) is 49.3 Å². The van der Waals surface area contributed by atoms with Gasteiger partial charge in [0.25, 0.3) is 0 Å². The van der Waals surface area contributed by atoms with Gasteiger partial charge in [-0.3, -0.25) is 10.1 Å². The average Bonchev–Trinajstić information content (AvgIpc) is 2.50. The number of hydrogen-bond donors (Lipinski definition) is 1. The predicted molar refractivity (Wildman–Crippen MR) is 90.8 cm³/mol. The molecule has 0 radical (unpaired) electrons. The molecule has 2 N–H and O–H groups in total. The molecule has 2 aromatic rings. The van der Waals surface area contributed by atoms with E-state index in [-0.39, 0.29) is 17.1 Å². The van der Waals surface area contributed by atoms with E-state index < -0.39 is 4.92 Å². The first-order chi connectivity index (χ1) is 11.0. The maximum Gasteiger partial charge on any atom is 0.316 e. The van der Waals surface area contributed by atoms with Crippen molar-refractivity contribution in [1.82, 2.24) is 4.90 Å². The third-order valence-electron chi connectivity index (χ3n) is 3.45. The van der Waals surface area contributed by atoms with E-state index >= 15 is 0 Å². The highest BCUT2D eigenvalue weighted by atomic mass is 16.6. The summed E-state index contributed by atoms with van der Waals surface area (Å²) in [6, 6.07) is 13.0. The van der Waals surface area contributed by atoms with Crippen LogP contribution in [-0.4, -0.2) is 37.1 Å². The lowest BCUT2D eigenvalue weighted by molar-refractivity contribution is -0.386. The highest BCUT2D eigenvalue weighted by Gasteiger charge is 2.24. The Morgan fingerprint density at radius 3 is 2.48 bits per heavy atom. The molecule has 2 rings (SSSR count). The van der Waals surface area contributed by atoms with Gasteiger partial charge in [-0.1, -0.05) is 30.3 Å². The molecule has 122 valence electrons. The summed E-state index contributed by atoms with van der Waals surface area (Å²) in [7, 11) is 3.82. The molecule has 0 aliphatic carbocycles. The SMILES string of the molecule is CN(C)CCOc1c(N)ccc(Cc2ccccc2)c1[N+](=O)[O-]. The first-order valence-electron chi connectivity index (χ1n) is 7.36. The van der Waals surface area contributed by atoms with Crippen LogP contribution in [-0.2, 0) is 6.42 Å². The summed E-state index contributed by atoms with van der Waals surface area (Å²) in [5.41, 5.74) is 7.72. The van der Waals surface area contributed by atoms with E-state index in [4.69, 9.17) is 10.5 Å². The van der Waals surface area contributed by atoms with Gasteiger partial charge in [0, 0.05) is 18.5 Å². The van der Waals surface area contributed by atoms with Crippen LogP contribution in [0.4, 0.5) is 11.4 Å². The zero-order valence-corrected chi connectivity index (χ0v) is 13.4. The zero-order valence-electron chi connectivity index (χ0n) is 13.4. The third kappa shape index (κ3) is 4.43. The standard InChI is InChI=1S/C17H21N3O3/c1-19(2)10-11-23-17-15(18)9-8-14(16(17)20(21)22)12-13-6-4-3-5-7-13/h3-9H,10-12,18H2,1-2H3. The van der Waals surface area contributed by atoms with Gasteiger partial charge in [0.2, 0.25) is 5.75 Å². The van der Waals surface area contributed by atoms with Crippen molar-refractivity contribution in [3.63, 3.8) is 0 Å². The van der Waals surface area contributed by atoms with Crippen molar-refractivity contribution in [1.29, 1.82) is 0 Å². The molecule has 0 heterocycles. The van der Waals surface area contributed by atoms with Crippen molar-refractivity contribution in [2.24, 2.45) is 0 Å². The van der Waals surface area contributed by atoms with E-state index in [2.05, 4.69) is 0 Å². The molecule has 23 heavy (non-hydrogen) atoms. The Hall–Kier alpha value is -2.60. The van der Waals surface area contributed by atoms with Crippen LogP contribution in [0.3, 0.4) is 0 Å². The number of nitrogens with zero attached hydrogens (tertiary/aromatic N) is 2. The molecular weight excluding hydrogens is 294 g/mol. The van der Waals surface area contributed by atoms with Crippen LogP contribution < -0.4 is 10.5 Å². The first kappa shape index (κ1) is 16.8. The van der Waals surface area contributed by atoms with Gasteiger partial charge in [-0.05, 0) is 31.8 Å². The van der Waals surface area contributed by atoms with E-state index in [0.29, 0.717) is 25.1 Å². The Morgan fingerprint density at radius 1 is 1.17 bits per heavy atom. The summed E-state index contributed by atoms with van der Waals surface area (Å²) >= 11 is 0. The van der Waals surface area contributed by atoms with E-state index in [1.165, 1.54) is 0 Å². The second kappa shape index (κ2) is 7.60. The van der Waals surface area contributed by atoms with E-state index in [9.17, 15) is 10.1 Å². The van der Waals surface area contributed by atoms with Gasteiger partial charge in [-0.2, -0.15) is 0 Å². The molecule has 0 amide bonds. The number of benzene rings is 2. The molecule has 0 aliphatic heterocycles. The molecule has 0 atom stereocenters. The number of likely N-dealkylation sites (N-methyl/N-ethyl adjacent to an activating group) is 1. The van der Waals surface area contributed by atoms with Crippen LogP contribution in [0.5, 0.6) is 5.75 Å². The highest BCUT2D eigenvalue weighted by molar-refractivity contribution is 5.67. The van der Waals surface area contributed by atoms with Crippen molar-refractivity contribution in [2.75, 3.05) is 33.0 Å². The topological polar surface area (TPSA) is 81.6 Å². The van der Waals surface area contributed by atoms with Gasteiger partial charge < -0.3 is 15.4 Å². The maximum atomic E-state index is 11.5. The fourth-order valence-electron chi connectivity index (χ4n) is 2.27. The second-order valence-corrected chi connectivity index (χ2v) is 5.56. The van der Waals surface area contributed by atoms with Gasteiger partial charge in [0.05, 0.1) is 10.6 Å². The number of rotatable bonds is 7. The molecular formula is C17H21N3O3. The highest BCUT2D eigenvalue weighted by Crippen LogP contribution is 2.37. The minimum atomic E-state index is -0.417. The lowest BCUT2D eigenvalue weighted by Crippen LogP contribution is -2.20. The number of hydrogen-bond acceptors (Lipinski definition) is 5. The van der Waals surface area contributed by atoms with Crippen LogP contribution in [0.25, 0.3) is 0 Å². The monoisotopic (exact) mass is 315 g/mol. The fourth-order valence-corrected chi connectivity index (χ4v) is 2.27. The molecule has 0 saturated heterocycles. The summed E-state index contributed by atoms with van der Waals surface area (Å²) in [4.78, 5) is 13.1. The second-order valence-electron chi connectivity index (χ2n) is 5.56. The molecule has 6 nitrogen and oxygen atoms in total. The van der Waals surface area contributed by atoms with Crippen molar-refractivity contribution in [3.05, 3.63) is 63.7 Å². The summed E-state index contributed by atoms with van der Waals surface area (Å²) in [5, 5.41) is 11.5. The first-order valence-corrected chi connectivity index (χ1v) is 7.36. The summed E-state index contributed by atoms with van der Waals surface area (Å²) in [6.45, 7) is 0.992. The van der Waals surface area contributed by atoms with Gasteiger partial charge >= 0.3 is 5.69 Å². The zero-order chi connectivity index (χ0) is 16.8. The van der Waals surface area contributed by atoms with Crippen molar-refractivity contribution in [2.45, 2.75) is 6.42 Å². The van der Waals surface area contributed by atoms with Crippen molar-refractivity contribution >= 4 is 11.4 Å². The number of nitrogen functional groups attached to an aromatic ring is 1. The molecule has 0 bridgehead atoms. The number of ether oxygens (including phenoxy) is 1. The van der Waals surface area contributed by atoms with Gasteiger partial charge in [-0.25, -0.2) is 0 Å². The molecule has 6 heteroatoms. The van der Waals surface area contributed by atoms with Crippen molar-refractivity contribution in [3.8, 4) is 5.75 Å². The van der Waals surface area contributed by atoms with Crippen LogP contribution in [0.15, 0.2) is 42.5 Å². The van der Waals surface area contributed by atoms with E-state index in [1.54, 1.807) is 12.1 Å². The van der Waals surface area contributed by atoms with Gasteiger partial charge in [0.1, 0.15) is 6.61 Å². The molecule has 0 unspecified atom stereocenters. The molecule has 0 aromatic heterocycles. The maximum absolute atomic E-state index is 11.5. The Kier molecular flexibility index (Phi) is 5.54. The van der Waals surface area contributed by atoms with Crippen LogP contribution in [0, 0.1) is 10.1 Å². The number of nitro benzene ring substituents is 1. The minimum absolute atomic E-state index is 0.0485. The molecule has 0 saturated carbocycles. The lowest BCUT2D eigenvalue weighted by Gasteiger charge is -2.14. The van der Waals surface area contributed by atoms with Gasteiger partial charge in [0.15, 0.2) is 0 Å². The van der Waals surface area contributed by atoms with Crippen LogP contribution in [0.1, 0.15) is 11.1 Å². The molecule has 0 aliphatic rings. The van der Waals surface area contributed by atoms with Crippen molar-refractivity contribution < 1.29 is 9.66 Å². The Balaban J connectivity index is 2.33. The van der Waals surface area contributed by atoms with Crippen LogP contribution in [0.2, 0.25) is 0 Å². The van der Waals surface area contributed by atoms with E-state index in [0.717, 1.165) is 5.56 Å². The number of nitrogens with two attached hydrogens (primary N) is 1. The predicted octanol–water partition coefficient (Wildman–Crippen LogP) is 2.71. The number of nitro groups is 1. The molecule has 0 spiro atoms. The molecule has 2 aromatic carbocycles. The Morgan fingerprint density at radius 2 is 1.87 bits per heavy atom. The average molecular weight is 315 g/mol. The third-order valence-corrected chi connectivity index (χ3v) is 3.45. The fraction of sp³-hybridized carbons (Fsp3) is 0.294.